The molecule has 0 aliphatic carbocycles. The van der Waals surface area contributed by atoms with Crippen molar-refractivity contribution in [3.63, 3.8) is 0 Å². The summed E-state index contributed by atoms with van der Waals surface area (Å²) >= 11 is 1.60. The zero-order chi connectivity index (χ0) is 17.3. The van der Waals surface area contributed by atoms with E-state index in [0.717, 1.165) is 5.65 Å². The lowest BCUT2D eigenvalue weighted by atomic mass is 9.94. The Bertz CT molecular complexity index is 767. The third-order valence-electron chi connectivity index (χ3n) is 3.89. The number of rotatable bonds is 3. The van der Waals surface area contributed by atoms with Gasteiger partial charge in [-0.05, 0) is 12.1 Å². The first kappa shape index (κ1) is 16.8. The lowest BCUT2D eigenvalue weighted by Crippen LogP contribution is -2.50. The van der Waals surface area contributed by atoms with E-state index < -0.39 is 11.5 Å². The highest BCUT2D eigenvalue weighted by Crippen LogP contribution is 2.27. The first-order valence-corrected chi connectivity index (χ1v) is 8.98. The quantitative estimate of drug-likeness (QED) is 0.905. The predicted octanol–water partition coefficient (Wildman–Crippen LogP) is 1.29. The standard InChI is InChI=1S/C16H21N5O2S/c1-16(2,3)15(23)21-10-24-9-11(21)14(22)17-8-13-19-18-12-6-4-5-7-20(12)13/h4-7,11H,8-10H2,1-3H3,(H,17,22)/t11-/m0/s1. The maximum absolute atomic E-state index is 12.5. The van der Waals surface area contributed by atoms with Crippen LogP contribution >= 0.6 is 11.8 Å². The van der Waals surface area contributed by atoms with Crippen LogP contribution in [0.25, 0.3) is 5.65 Å². The maximum Gasteiger partial charge on any atom is 0.244 e. The maximum atomic E-state index is 12.5. The number of nitrogens with zero attached hydrogens (tertiary/aromatic N) is 4. The van der Waals surface area contributed by atoms with Crippen LogP contribution in [-0.4, -0.2) is 49.0 Å². The first-order chi connectivity index (χ1) is 11.4. The topological polar surface area (TPSA) is 79.6 Å². The molecular formula is C16H21N5O2S. The summed E-state index contributed by atoms with van der Waals surface area (Å²) in [7, 11) is 0. The fraction of sp³-hybridized carbons (Fsp3) is 0.500. The summed E-state index contributed by atoms with van der Waals surface area (Å²) in [4.78, 5) is 26.7. The van der Waals surface area contributed by atoms with E-state index in [0.29, 0.717) is 17.5 Å². The molecule has 24 heavy (non-hydrogen) atoms. The van der Waals surface area contributed by atoms with Gasteiger partial charge in [-0.1, -0.05) is 26.8 Å². The van der Waals surface area contributed by atoms with E-state index in [1.165, 1.54) is 0 Å². The molecule has 7 nitrogen and oxygen atoms in total. The normalized spacial score (nSPS) is 18.1. The lowest BCUT2D eigenvalue weighted by molar-refractivity contribution is -0.144. The molecular weight excluding hydrogens is 326 g/mol. The largest absolute Gasteiger partial charge is 0.347 e. The third kappa shape index (κ3) is 3.24. The average molecular weight is 347 g/mol. The Morgan fingerprint density at radius 3 is 2.88 bits per heavy atom. The molecule has 0 spiro atoms. The molecule has 0 saturated carbocycles. The van der Waals surface area contributed by atoms with Crippen LogP contribution in [0.15, 0.2) is 24.4 Å². The van der Waals surface area contributed by atoms with Gasteiger partial charge < -0.3 is 10.2 Å². The molecule has 2 aromatic heterocycles. The Hall–Kier alpha value is -2.09. The SMILES string of the molecule is CC(C)(C)C(=O)N1CSC[C@H]1C(=O)NCc1nnc2ccccn12. The van der Waals surface area contributed by atoms with Crippen molar-refractivity contribution >= 4 is 29.2 Å². The van der Waals surface area contributed by atoms with Crippen LogP contribution in [0.2, 0.25) is 0 Å². The first-order valence-electron chi connectivity index (χ1n) is 7.83. The van der Waals surface area contributed by atoms with Crippen molar-refractivity contribution in [1.82, 2.24) is 24.8 Å². The summed E-state index contributed by atoms with van der Waals surface area (Å²) in [6, 6.07) is 5.20. The van der Waals surface area contributed by atoms with Crippen LogP contribution in [0.4, 0.5) is 0 Å². The highest BCUT2D eigenvalue weighted by molar-refractivity contribution is 7.99. The van der Waals surface area contributed by atoms with Gasteiger partial charge in [0.2, 0.25) is 11.8 Å². The zero-order valence-corrected chi connectivity index (χ0v) is 14.8. The summed E-state index contributed by atoms with van der Waals surface area (Å²) in [6.07, 6.45) is 1.86. The number of amides is 2. The lowest BCUT2D eigenvalue weighted by Gasteiger charge is -2.29. The Kier molecular flexibility index (Phi) is 4.49. The minimum atomic E-state index is -0.493. The van der Waals surface area contributed by atoms with Crippen molar-refractivity contribution < 1.29 is 9.59 Å². The Morgan fingerprint density at radius 1 is 1.33 bits per heavy atom. The second-order valence-electron chi connectivity index (χ2n) is 6.80. The zero-order valence-electron chi connectivity index (χ0n) is 14.0. The molecule has 1 atom stereocenters. The Balaban J connectivity index is 1.67. The number of thioether (sulfide) groups is 1. The summed E-state index contributed by atoms with van der Waals surface area (Å²) in [6.45, 7) is 5.89. The fourth-order valence-corrected chi connectivity index (χ4v) is 3.74. The summed E-state index contributed by atoms with van der Waals surface area (Å²) in [5.74, 6) is 1.69. The number of pyridine rings is 1. The number of carbonyl (C=O) groups excluding carboxylic acids is 2. The van der Waals surface area contributed by atoms with Gasteiger partial charge in [0, 0.05) is 17.4 Å². The highest BCUT2D eigenvalue weighted by Gasteiger charge is 2.38. The fourth-order valence-electron chi connectivity index (χ4n) is 2.59. The van der Waals surface area contributed by atoms with Gasteiger partial charge in [0.05, 0.1) is 12.4 Å². The minimum Gasteiger partial charge on any atom is -0.347 e. The van der Waals surface area contributed by atoms with Crippen LogP contribution in [0, 0.1) is 5.41 Å². The van der Waals surface area contributed by atoms with Gasteiger partial charge in [-0.2, -0.15) is 0 Å². The molecule has 128 valence electrons. The van der Waals surface area contributed by atoms with Crippen LogP contribution in [0.5, 0.6) is 0 Å². The van der Waals surface area contributed by atoms with E-state index in [1.54, 1.807) is 16.7 Å². The monoisotopic (exact) mass is 347 g/mol. The molecule has 0 aromatic carbocycles. The van der Waals surface area contributed by atoms with Crippen molar-refractivity contribution in [1.29, 1.82) is 0 Å². The van der Waals surface area contributed by atoms with Crippen molar-refractivity contribution in [3.05, 3.63) is 30.2 Å². The number of nitrogens with one attached hydrogen (secondary N) is 1. The van der Waals surface area contributed by atoms with E-state index >= 15 is 0 Å². The number of aromatic nitrogens is 3. The molecule has 0 bridgehead atoms. The molecule has 3 heterocycles. The second-order valence-corrected chi connectivity index (χ2v) is 7.80. The molecule has 1 fully saturated rings. The van der Waals surface area contributed by atoms with Crippen LogP contribution in [0.1, 0.15) is 26.6 Å². The van der Waals surface area contributed by atoms with E-state index in [-0.39, 0.29) is 18.4 Å². The van der Waals surface area contributed by atoms with Gasteiger partial charge in [0.1, 0.15) is 6.04 Å². The summed E-state index contributed by atoms with van der Waals surface area (Å²) in [5.41, 5.74) is 0.245. The number of hydrogen-bond donors (Lipinski definition) is 1. The molecule has 8 heteroatoms. The molecule has 0 unspecified atom stereocenters. The van der Waals surface area contributed by atoms with Crippen molar-refractivity contribution in [2.75, 3.05) is 11.6 Å². The Morgan fingerprint density at radius 2 is 2.12 bits per heavy atom. The summed E-state index contributed by atoms with van der Waals surface area (Å²) < 4.78 is 1.84. The van der Waals surface area contributed by atoms with E-state index in [9.17, 15) is 9.59 Å². The van der Waals surface area contributed by atoms with Crippen molar-refractivity contribution in [3.8, 4) is 0 Å². The molecule has 3 rings (SSSR count). The highest BCUT2D eigenvalue weighted by atomic mass is 32.2. The molecule has 2 aromatic rings. The summed E-state index contributed by atoms with van der Waals surface area (Å²) in [5, 5.41) is 11.0. The smallest absolute Gasteiger partial charge is 0.244 e. The third-order valence-corrected chi connectivity index (χ3v) is 4.90. The average Bonchev–Trinajstić information content (AvgIpc) is 3.18. The van der Waals surface area contributed by atoms with Crippen LogP contribution in [-0.2, 0) is 16.1 Å². The van der Waals surface area contributed by atoms with Gasteiger partial charge in [-0.15, -0.1) is 22.0 Å². The number of fused-ring (bicyclic) bond motifs is 1. The number of carbonyl (C=O) groups is 2. The van der Waals surface area contributed by atoms with Gasteiger partial charge in [-0.25, -0.2) is 0 Å². The van der Waals surface area contributed by atoms with Crippen molar-refractivity contribution in [2.45, 2.75) is 33.4 Å². The predicted molar refractivity (Wildman–Crippen MR) is 92.2 cm³/mol. The van der Waals surface area contributed by atoms with Crippen LogP contribution in [0.3, 0.4) is 0 Å². The van der Waals surface area contributed by atoms with Gasteiger partial charge in [0.15, 0.2) is 11.5 Å². The molecule has 1 saturated heterocycles. The molecule has 1 aliphatic rings. The second kappa shape index (κ2) is 6.43. The van der Waals surface area contributed by atoms with Crippen molar-refractivity contribution in [2.24, 2.45) is 5.41 Å². The van der Waals surface area contributed by atoms with Gasteiger partial charge >= 0.3 is 0 Å². The van der Waals surface area contributed by atoms with E-state index in [2.05, 4.69) is 15.5 Å². The van der Waals surface area contributed by atoms with E-state index in [1.807, 2.05) is 49.6 Å². The van der Waals surface area contributed by atoms with Gasteiger partial charge in [-0.3, -0.25) is 14.0 Å². The number of hydrogen-bond acceptors (Lipinski definition) is 5. The molecule has 1 aliphatic heterocycles. The van der Waals surface area contributed by atoms with Gasteiger partial charge in [0.25, 0.3) is 0 Å². The molecule has 1 N–H and O–H groups in total. The van der Waals surface area contributed by atoms with Crippen LogP contribution < -0.4 is 5.32 Å². The molecule has 0 radical (unpaired) electrons. The minimum absolute atomic E-state index is 0.000535. The Labute approximate surface area is 144 Å². The molecule has 2 amide bonds. The van der Waals surface area contributed by atoms with E-state index in [4.69, 9.17) is 0 Å².